The van der Waals surface area contributed by atoms with Crippen LogP contribution < -0.4 is 5.32 Å². The summed E-state index contributed by atoms with van der Waals surface area (Å²) in [5.41, 5.74) is 2.02. The molecule has 2 heterocycles. The predicted molar refractivity (Wildman–Crippen MR) is 62.0 cm³/mol. The third-order valence-electron chi connectivity index (χ3n) is 3.12. The second-order valence-corrected chi connectivity index (χ2v) is 4.18. The van der Waals surface area contributed by atoms with Crippen LogP contribution in [0.5, 0.6) is 11.5 Å². The van der Waals surface area contributed by atoms with E-state index in [1.807, 2.05) is 6.07 Å². The van der Waals surface area contributed by atoms with E-state index in [2.05, 4.69) is 5.32 Å². The van der Waals surface area contributed by atoms with Crippen molar-refractivity contribution in [2.45, 2.75) is 12.5 Å². The van der Waals surface area contributed by atoms with Gasteiger partial charge in [-0.3, -0.25) is 0 Å². The Labute approximate surface area is 98.5 Å². The minimum absolute atomic E-state index is 0.0176. The first-order valence-corrected chi connectivity index (χ1v) is 5.57. The summed E-state index contributed by atoms with van der Waals surface area (Å²) in [4.78, 5) is 0. The molecule has 2 aromatic rings. The normalized spacial score (nSPS) is 18.9. The molecule has 3 rings (SSSR count). The van der Waals surface area contributed by atoms with Crippen molar-refractivity contribution in [3.05, 3.63) is 47.4 Å². The van der Waals surface area contributed by atoms with E-state index in [1.54, 1.807) is 18.4 Å². The van der Waals surface area contributed by atoms with Crippen LogP contribution in [0.15, 0.2) is 34.9 Å². The van der Waals surface area contributed by atoms with Crippen molar-refractivity contribution in [2.75, 3.05) is 6.54 Å². The molecular formula is C13H13NO3. The van der Waals surface area contributed by atoms with Gasteiger partial charge in [-0.15, -0.1) is 0 Å². The highest BCUT2D eigenvalue weighted by atomic mass is 16.3. The molecule has 1 aromatic heterocycles. The first-order chi connectivity index (χ1) is 8.25. The van der Waals surface area contributed by atoms with Gasteiger partial charge in [0.1, 0.15) is 5.76 Å². The summed E-state index contributed by atoms with van der Waals surface area (Å²) in [5, 5.41) is 22.2. The summed E-state index contributed by atoms with van der Waals surface area (Å²) in [6, 6.07) is 6.84. The molecule has 1 aliphatic heterocycles. The zero-order valence-corrected chi connectivity index (χ0v) is 9.18. The molecular weight excluding hydrogens is 218 g/mol. The molecule has 0 aliphatic carbocycles. The number of phenols is 2. The lowest BCUT2D eigenvalue weighted by atomic mass is 9.95. The molecule has 4 heteroatoms. The molecule has 88 valence electrons. The van der Waals surface area contributed by atoms with Crippen LogP contribution in [0.4, 0.5) is 0 Å². The highest BCUT2D eigenvalue weighted by Gasteiger charge is 2.23. The summed E-state index contributed by atoms with van der Waals surface area (Å²) in [5.74, 6) is 0.790. The Morgan fingerprint density at radius 2 is 2.06 bits per heavy atom. The molecule has 0 spiro atoms. The van der Waals surface area contributed by atoms with Gasteiger partial charge in [0.05, 0.1) is 12.3 Å². The first-order valence-electron chi connectivity index (χ1n) is 5.57. The van der Waals surface area contributed by atoms with E-state index >= 15 is 0 Å². The van der Waals surface area contributed by atoms with Crippen LogP contribution in [0.2, 0.25) is 0 Å². The van der Waals surface area contributed by atoms with Gasteiger partial charge in [0, 0.05) is 18.5 Å². The largest absolute Gasteiger partial charge is 0.504 e. The van der Waals surface area contributed by atoms with Gasteiger partial charge >= 0.3 is 0 Å². The Morgan fingerprint density at radius 1 is 1.18 bits per heavy atom. The van der Waals surface area contributed by atoms with E-state index in [0.717, 1.165) is 29.9 Å². The molecule has 1 aliphatic rings. The third kappa shape index (κ3) is 1.66. The monoisotopic (exact) mass is 231 g/mol. The molecule has 4 nitrogen and oxygen atoms in total. The van der Waals surface area contributed by atoms with Crippen molar-refractivity contribution < 1.29 is 14.6 Å². The second kappa shape index (κ2) is 3.82. The molecule has 0 fully saturated rings. The lowest BCUT2D eigenvalue weighted by molar-refractivity contribution is 0.401. The number of hydrogen-bond donors (Lipinski definition) is 3. The fourth-order valence-electron chi connectivity index (χ4n) is 2.27. The number of furan rings is 1. The maximum absolute atomic E-state index is 9.53. The van der Waals surface area contributed by atoms with Gasteiger partial charge in [-0.1, -0.05) is 6.07 Å². The molecule has 0 radical (unpaired) electrons. The molecule has 0 bridgehead atoms. The number of rotatable bonds is 1. The molecule has 17 heavy (non-hydrogen) atoms. The van der Waals surface area contributed by atoms with Gasteiger partial charge in [-0.2, -0.15) is 0 Å². The van der Waals surface area contributed by atoms with Crippen LogP contribution in [0, 0.1) is 0 Å². The Balaban J connectivity index is 2.03. The van der Waals surface area contributed by atoms with Gasteiger partial charge in [-0.25, -0.2) is 0 Å². The standard InChI is InChI=1S/C13H13NO3/c15-10-2-1-8(7-11(10)16)13-9-4-6-17-12(9)3-5-14-13/h1-2,4,6-7,13-16H,3,5H2/t13-/m1/s1. The quantitative estimate of drug-likeness (QED) is 0.656. The Hall–Kier alpha value is -1.94. The lowest BCUT2D eigenvalue weighted by Crippen LogP contribution is -2.29. The van der Waals surface area contributed by atoms with Crippen LogP contribution in [-0.4, -0.2) is 16.8 Å². The number of fused-ring (bicyclic) bond motifs is 1. The van der Waals surface area contributed by atoms with Crippen molar-refractivity contribution in [2.24, 2.45) is 0 Å². The lowest BCUT2D eigenvalue weighted by Gasteiger charge is -2.23. The van der Waals surface area contributed by atoms with E-state index in [0.29, 0.717) is 0 Å². The first kappa shape index (κ1) is 10.2. The van der Waals surface area contributed by atoms with Crippen molar-refractivity contribution in [1.29, 1.82) is 0 Å². The fourth-order valence-corrected chi connectivity index (χ4v) is 2.27. The highest BCUT2D eigenvalue weighted by Crippen LogP contribution is 2.33. The second-order valence-electron chi connectivity index (χ2n) is 4.18. The number of benzene rings is 1. The minimum Gasteiger partial charge on any atom is -0.504 e. The molecule has 0 unspecified atom stereocenters. The van der Waals surface area contributed by atoms with Gasteiger partial charge in [0.15, 0.2) is 11.5 Å². The van der Waals surface area contributed by atoms with Crippen molar-refractivity contribution in [3.8, 4) is 11.5 Å². The van der Waals surface area contributed by atoms with Gasteiger partial charge in [0.2, 0.25) is 0 Å². The molecule has 0 amide bonds. The number of nitrogens with one attached hydrogen (secondary N) is 1. The molecule has 1 atom stereocenters. The average molecular weight is 231 g/mol. The maximum Gasteiger partial charge on any atom is 0.157 e. The molecule has 0 saturated heterocycles. The Kier molecular flexibility index (Phi) is 2.30. The molecule has 1 aromatic carbocycles. The summed E-state index contributed by atoms with van der Waals surface area (Å²) in [6.07, 6.45) is 2.56. The minimum atomic E-state index is -0.100. The van der Waals surface area contributed by atoms with E-state index in [9.17, 15) is 10.2 Å². The zero-order valence-electron chi connectivity index (χ0n) is 9.18. The van der Waals surface area contributed by atoms with Crippen LogP contribution in [-0.2, 0) is 6.42 Å². The van der Waals surface area contributed by atoms with Gasteiger partial charge < -0.3 is 19.9 Å². The topological polar surface area (TPSA) is 65.6 Å². The molecule has 3 N–H and O–H groups in total. The molecule has 0 saturated carbocycles. The van der Waals surface area contributed by atoms with Crippen molar-refractivity contribution in [1.82, 2.24) is 5.32 Å². The third-order valence-corrected chi connectivity index (χ3v) is 3.12. The fraction of sp³-hybridized carbons (Fsp3) is 0.231. The predicted octanol–water partition coefficient (Wildman–Crippen LogP) is 1.93. The Bertz CT molecular complexity index is 547. The summed E-state index contributed by atoms with van der Waals surface area (Å²) >= 11 is 0. The zero-order chi connectivity index (χ0) is 11.8. The van der Waals surface area contributed by atoms with Crippen LogP contribution in [0.1, 0.15) is 22.9 Å². The van der Waals surface area contributed by atoms with E-state index in [4.69, 9.17) is 4.42 Å². The van der Waals surface area contributed by atoms with Crippen LogP contribution >= 0.6 is 0 Å². The summed E-state index contributed by atoms with van der Waals surface area (Å²) in [7, 11) is 0. The number of aromatic hydroxyl groups is 2. The SMILES string of the molecule is Oc1ccc([C@H]2NCCc3occc32)cc1O. The number of hydrogen-bond acceptors (Lipinski definition) is 4. The van der Waals surface area contributed by atoms with E-state index in [-0.39, 0.29) is 17.5 Å². The smallest absolute Gasteiger partial charge is 0.157 e. The average Bonchev–Trinajstić information content (AvgIpc) is 2.80. The Morgan fingerprint density at radius 3 is 2.88 bits per heavy atom. The van der Waals surface area contributed by atoms with Gasteiger partial charge in [0.25, 0.3) is 0 Å². The summed E-state index contributed by atoms with van der Waals surface area (Å²) < 4.78 is 5.41. The van der Waals surface area contributed by atoms with E-state index < -0.39 is 0 Å². The van der Waals surface area contributed by atoms with Crippen LogP contribution in [0.25, 0.3) is 0 Å². The highest BCUT2D eigenvalue weighted by molar-refractivity contribution is 5.45. The van der Waals surface area contributed by atoms with Crippen molar-refractivity contribution in [3.63, 3.8) is 0 Å². The summed E-state index contributed by atoms with van der Waals surface area (Å²) in [6.45, 7) is 0.840. The van der Waals surface area contributed by atoms with E-state index in [1.165, 1.54) is 6.07 Å². The van der Waals surface area contributed by atoms with Crippen molar-refractivity contribution >= 4 is 0 Å². The number of phenolic OH excluding ortho intramolecular Hbond substituents is 2. The maximum atomic E-state index is 9.53. The van der Waals surface area contributed by atoms with Crippen LogP contribution in [0.3, 0.4) is 0 Å². The van der Waals surface area contributed by atoms with Gasteiger partial charge in [-0.05, 0) is 23.8 Å².